The van der Waals surface area contributed by atoms with Crippen molar-refractivity contribution in [3.63, 3.8) is 0 Å². The highest BCUT2D eigenvalue weighted by Crippen LogP contribution is 2.25. The largest absolute Gasteiger partial charge is 0.465 e. The van der Waals surface area contributed by atoms with Crippen LogP contribution >= 0.6 is 0 Å². The summed E-state index contributed by atoms with van der Waals surface area (Å²) in [5.41, 5.74) is 0.717. The third kappa shape index (κ3) is 3.55. The van der Waals surface area contributed by atoms with Gasteiger partial charge in [-0.25, -0.2) is 9.59 Å². The van der Waals surface area contributed by atoms with Gasteiger partial charge in [-0.1, -0.05) is 0 Å². The van der Waals surface area contributed by atoms with E-state index in [0.717, 1.165) is 0 Å². The number of carbonyl (C=O) groups is 2. The molecule has 0 bridgehead atoms. The number of rotatable bonds is 2. The first kappa shape index (κ1) is 15.8. The Kier molecular flexibility index (Phi) is 4.07. The predicted molar refractivity (Wildman–Crippen MR) is 81.9 cm³/mol. The molecular weight excluding hydrogens is 286 g/mol. The van der Waals surface area contributed by atoms with E-state index in [0.29, 0.717) is 22.2 Å². The summed E-state index contributed by atoms with van der Waals surface area (Å²) in [4.78, 5) is 23.7. The molecule has 0 atom stereocenters. The molecule has 0 fully saturated rings. The Morgan fingerprint density at radius 2 is 1.95 bits per heavy atom. The van der Waals surface area contributed by atoms with E-state index in [9.17, 15) is 9.59 Å². The van der Waals surface area contributed by atoms with Crippen LogP contribution in [-0.2, 0) is 16.5 Å². The van der Waals surface area contributed by atoms with Crippen molar-refractivity contribution in [1.82, 2.24) is 9.78 Å². The SMILES string of the molecule is COC(=O)c1cc(NC(=O)OC(C)(C)C)c2cn(C)nc2c1. The number of fused-ring (bicyclic) bond motifs is 1. The van der Waals surface area contributed by atoms with E-state index in [1.165, 1.54) is 7.11 Å². The molecule has 7 heteroatoms. The minimum atomic E-state index is -0.613. The lowest BCUT2D eigenvalue weighted by Crippen LogP contribution is -2.27. The molecule has 1 aromatic carbocycles. The van der Waals surface area contributed by atoms with Gasteiger partial charge in [0.25, 0.3) is 0 Å². The minimum Gasteiger partial charge on any atom is -0.465 e. The first-order chi connectivity index (χ1) is 10.2. The van der Waals surface area contributed by atoms with E-state index in [-0.39, 0.29) is 0 Å². The minimum absolute atomic E-state index is 0.305. The van der Waals surface area contributed by atoms with Crippen molar-refractivity contribution in [2.24, 2.45) is 7.05 Å². The number of esters is 1. The Morgan fingerprint density at radius 1 is 1.27 bits per heavy atom. The molecule has 0 saturated carbocycles. The number of ether oxygens (including phenoxy) is 2. The summed E-state index contributed by atoms with van der Waals surface area (Å²) in [7, 11) is 3.06. The molecule has 1 heterocycles. The highest BCUT2D eigenvalue weighted by Gasteiger charge is 2.19. The summed E-state index contributed by atoms with van der Waals surface area (Å²) in [6.45, 7) is 5.32. The summed E-state index contributed by atoms with van der Waals surface area (Å²) >= 11 is 0. The van der Waals surface area contributed by atoms with Gasteiger partial charge in [-0.15, -0.1) is 0 Å². The zero-order chi connectivity index (χ0) is 16.5. The first-order valence-electron chi connectivity index (χ1n) is 6.75. The van der Waals surface area contributed by atoms with Crippen molar-refractivity contribution in [1.29, 1.82) is 0 Å². The van der Waals surface area contributed by atoms with Crippen LogP contribution in [0.5, 0.6) is 0 Å². The van der Waals surface area contributed by atoms with E-state index in [1.54, 1.807) is 50.8 Å². The van der Waals surface area contributed by atoms with Gasteiger partial charge in [0.1, 0.15) is 5.60 Å². The highest BCUT2D eigenvalue weighted by molar-refractivity contribution is 6.03. The number of aryl methyl sites for hydroxylation is 1. The number of benzene rings is 1. The molecule has 7 nitrogen and oxygen atoms in total. The zero-order valence-corrected chi connectivity index (χ0v) is 13.3. The number of methoxy groups -OCH3 is 1. The van der Waals surface area contributed by atoms with Crippen LogP contribution in [0.1, 0.15) is 31.1 Å². The molecule has 0 unspecified atom stereocenters. The van der Waals surface area contributed by atoms with Gasteiger partial charge in [0, 0.05) is 18.6 Å². The fourth-order valence-corrected chi connectivity index (χ4v) is 1.99. The summed E-state index contributed by atoms with van der Waals surface area (Å²) in [6, 6.07) is 3.15. The number of carbonyl (C=O) groups excluding carboxylic acids is 2. The second kappa shape index (κ2) is 5.67. The average Bonchev–Trinajstić information content (AvgIpc) is 2.76. The zero-order valence-electron chi connectivity index (χ0n) is 13.3. The highest BCUT2D eigenvalue weighted by atomic mass is 16.6. The van der Waals surface area contributed by atoms with Crippen LogP contribution in [0.3, 0.4) is 0 Å². The predicted octanol–water partition coefficient (Wildman–Crippen LogP) is 2.71. The van der Waals surface area contributed by atoms with Gasteiger partial charge < -0.3 is 9.47 Å². The van der Waals surface area contributed by atoms with Crippen LogP contribution in [0, 0.1) is 0 Å². The lowest BCUT2D eigenvalue weighted by atomic mass is 10.1. The topological polar surface area (TPSA) is 82.5 Å². The van der Waals surface area contributed by atoms with Gasteiger partial charge in [0.15, 0.2) is 0 Å². The lowest BCUT2D eigenvalue weighted by Gasteiger charge is -2.20. The Labute approximate surface area is 128 Å². The maximum Gasteiger partial charge on any atom is 0.412 e. The fourth-order valence-electron chi connectivity index (χ4n) is 1.99. The van der Waals surface area contributed by atoms with E-state index >= 15 is 0 Å². The Hall–Kier alpha value is -2.57. The summed E-state index contributed by atoms with van der Waals surface area (Å²) in [5.74, 6) is -0.500. The molecule has 0 spiro atoms. The molecule has 1 aromatic heterocycles. The van der Waals surface area contributed by atoms with Gasteiger partial charge in [-0.3, -0.25) is 10.00 Å². The number of nitrogens with zero attached hydrogens (tertiary/aromatic N) is 2. The van der Waals surface area contributed by atoms with Crippen molar-refractivity contribution in [2.75, 3.05) is 12.4 Å². The molecule has 0 radical (unpaired) electrons. The molecule has 0 aliphatic rings. The molecule has 22 heavy (non-hydrogen) atoms. The maximum absolute atomic E-state index is 12.0. The van der Waals surface area contributed by atoms with Crippen LogP contribution in [0.2, 0.25) is 0 Å². The van der Waals surface area contributed by atoms with Crippen molar-refractivity contribution < 1.29 is 19.1 Å². The second-order valence-electron chi connectivity index (χ2n) is 5.88. The number of amides is 1. The standard InChI is InChI=1S/C15H19N3O4/c1-15(2,3)22-14(20)16-11-6-9(13(19)21-5)7-12-10(11)8-18(4)17-12/h6-8H,1-5H3,(H,16,20). The van der Waals surface area contributed by atoms with Crippen molar-refractivity contribution in [3.05, 3.63) is 23.9 Å². The van der Waals surface area contributed by atoms with Gasteiger partial charge in [-0.05, 0) is 32.9 Å². The monoisotopic (exact) mass is 305 g/mol. The smallest absolute Gasteiger partial charge is 0.412 e. The molecule has 2 aromatic rings. The molecule has 0 saturated heterocycles. The van der Waals surface area contributed by atoms with Gasteiger partial charge in [0.2, 0.25) is 0 Å². The number of hydrogen-bond donors (Lipinski definition) is 1. The van der Waals surface area contributed by atoms with Crippen molar-refractivity contribution in [3.8, 4) is 0 Å². The van der Waals surface area contributed by atoms with Crippen LogP contribution < -0.4 is 5.32 Å². The third-order valence-corrected chi connectivity index (χ3v) is 2.80. The molecule has 0 aliphatic heterocycles. The summed E-state index contributed by atoms with van der Waals surface area (Å²) in [5, 5.41) is 7.61. The van der Waals surface area contributed by atoms with E-state index in [1.807, 2.05) is 0 Å². The molecule has 118 valence electrons. The summed E-state index contributed by atoms with van der Waals surface area (Å²) in [6.07, 6.45) is 1.16. The number of anilines is 1. The van der Waals surface area contributed by atoms with Crippen molar-refractivity contribution >= 4 is 28.7 Å². The van der Waals surface area contributed by atoms with Crippen LogP contribution in [0.4, 0.5) is 10.5 Å². The van der Waals surface area contributed by atoms with Gasteiger partial charge in [-0.2, -0.15) is 5.10 Å². The van der Waals surface area contributed by atoms with Crippen LogP contribution in [0.25, 0.3) is 10.9 Å². The number of hydrogen-bond acceptors (Lipinski definition) is 5. The molecule has 1 N–H and O–H groups in total. The van der Waals surface area contributed by atoms with E-state index < -0.39 is 17.7 Å². The van der Waals surface area contributed by atoms with Gasteiger partial charge >= 0.3 is 12.1 Å². The second-order valence-corrected chi connectivity index (χ2v) is 5.88. The lowest BCUT2D eigenvalue weighted by molar-refractivity contribution is 0.0596. The van der Waals surface area contributed by atoms with Crippen LogP contribution in [-0.4, -0.2) is 34.6 Å². The van der Waals surface area contributed by atoms with E-state index in [4.69, 9.17) is 9.47 Å². The third-order valence-electron chi connectivity index (χ3n) is 2.80. The van der Waals surface area contributed by atoms with Gasteiger partial charge in [0.05, 0.1) is 23.9 Å². The Balaban J connectivity index is 2.42. The fraction of sp³-hybridized carbons (Fsp3) is 0.400. The molecular formula is C15H19N3O4. The Bertz CT molecular complexity index is 728. The van der Waals surface area contributed by atoms with Crippen molar-refractivity contribution in [2.45, 2.75) is 26.4 Å². The van der Waals surface area contributed by atoms with Crippen LogP contribution in [0.15, 0.2) is 18.3 Å². The summed E-state index contributed by atoms with van der Waals surface area (Å²) < 4.78 is 11.5. The average molecular weight is 305 g/mol. The first-order valence-corrected chi connectivity index (χ1v) is 6.75. The Morgan fingerprint density at radius 3 is 2.55 bits per heavy atom. The molecule has 0 aliphatic carbocycles. The maximum atomic E-state index is 12.0. The quantitative estimate of drug-likeness (QED) is 0.863. The normalized spacial score (nSPS) is 11.3. The molecule has 2 rings (SSSR count). The number of nitrogens with one attached hydrogen (secondary N) is 1. The number of aromatic nitrogens is 2. The van der Waals surface area contributed by atoms with E-state index in [2.05, 4.69) is 10.4 Å². The molecule has 1 amide bonds.